The van der Waals surface area contributed by atoms with Gasteiger partial charge in [-0.15, -0.1) is 12.4 Å². The van der Waals surface area contributed by atoms with E-state index < -0.39 is 0 Å². The van der Waals surface area contributed by atoms with Gasteiger partial charge in [-0.05, 0) is 37.6 Å². The van der Waals surface area contributed by atoms with Crippen LogP contribution < -0.4 is 16.4 Å². The number of nitrogens with one attached hydrogen (secondary N) is 2. The molecule has 1 aromatic carbocycles. The molecule has 8 heteroatoms. The van der Waals surface area contributed by atoms with Crippen LogP contribution in [0.25, 0.3) is 0 Å². The Balaban J connectivity index is 0.00000364. The molecule has 0 saturated carbocycles. The number of hydrogen-bond donors (Lipinski definition) is 3. The van der Waals surface area contributed by atoms with Gasteiger partial charge in [0.1, 0.15) is 5.76 Å². The van der Waals surface area contributed by atoms with Crippen LogP contribution in [0.2, 0.25) is 5.02 Å². The van der Waals surface area contributed by atoms with Crippen molar-refractivity contribution in [1.29, 1.82) is 0 Å². The average molecular weight is 414 g/mol. The Labute approximate surface area is 170 Å². The summed E-state index contributed by atoms with van der Waals surface area (Å²) in [6.45, 7) is 4.13. The van der Waals surface area contributed by atoms with E-state index in [1.807, 2.05) is 0 Å². The lowest BCUT2D eigenvalue weighted by atomic mass is 10.1. The monoisotopic (exact) mass is 413 g/mol. The summed E-state index contributed by atoms with van der Waals surface area (Å²) in [6, 6.07) is 6.21. The van der Waals surface area contributed by atoms with Crippen molar-refractivity contribution in [2.45, 2.75) is 39.2 Å². The Morgan fingerprint density at radius 2 is 1.96 bits per heavy atom. The van der Waals surface area contributed by atoms with Gasteiger partial charge in [0.25, 0.3) is 11.8 Å². The molecule has 6 nitrogen and oxygen atoms in total. The number of nitrogens with two attached hydrogens (primary N) is 1. The Morgan fingerprint density at radius 3 is 2.56 bits per heavy atom. The molecule has 1 aromatic heterocycles. The van der Waals surface area contributed by atoms with E-state index in [1.54, 1.807) is 31.2 Å². The third-order valence-corrected chi connectivity index (χ3v) is 4.34. The van der Waals surface area contributed by atoms with E-state index in [9.17, 15) is 9.59 Å². The van der Waals surface area contributed by atoms with Crippen LogP contribution in [-0.4, -0.2) is 24.4 Å². The van der Waals surface area contributed by atoms with Crippen molar-refractivity contribution in [2.24, 2.45) is 5.73 Å². The predicted molar refractivity (Wildman–Crippen MR) is 110 cm³/mol. The minimum atomic E-state index is -0.367. The quantitative estimate of drug-likeness (QED) is 0.604. The fourth-order valence-electron chi connectivity index (χ4n) is 2.59. The molecule has 0 spiro atoms. The molecule has 27 heavy (non-hydrogen) atoms. The van der Waals surface area contributed by atoms with Crippen LogP contribution in [0.15, 0.2) is 34.9 Å². The molecule has 1 atom stereocenters. The molecule has 0 aliphatic heterocycles. The van der Waals surface area contributed by atoms with Gasteiger partial charge >= 0.3 is 0 Å². The number of rotatable bonds is 8. The molecule has 1 heterocycles. The highest BCUT2D eigenvalue weighted by Gasteiger charge is 2.19. The molecule has 148 valence electrons. The zero-order valence-electron chi connectivity index (χ0n) is 15.4. The molecule has 0 bridgehead atoms. The lowest BCUT2D eigenvalue weighted by molar-refractivity contribution is 0.0936. The Bertz CT molecular complexity index is 777. The van der Waals surface area contributed by atoms with Gasteiger partial charge in [0, 0.05) is 17.6 Å². The molecular formula is C19H25Cl2N3O3. The van der Waals surface area contributed by atoms with Gasteiger partial charge in [0.05, 0.1) is 23.1 Å². The molecule has 0 radical (unpaired) electrons. The fraction of sp³-hybridized carbons (Fsp3) is 0.368. The van der Waals surface area contributed by atoms with E-state index in [0.717, 1.165) is 19.3 Å². The number of benzene rings is 1. The van der Waals surface area contributed by atoms with Crippen molar-refractivity contribution in [3.63, 3.8) is 0 Å². The smallest absolute Gasteiger partial charge is 0.259 e. The first-order chi connectivity index (χ1) is 12.5. The van der Waals surface area contributed by atoms with Crippen molar-refractivity contribution in [1.82, 2.24) is 5.32 Å². The number of aryl methyl sites for hydroxylation is 1. The molecule has 4 N–H and O–H groups in total. The third-order valence-electron chi connectivity index (χ3n) is 4.10. The number of amides is 2. The van der Waals surface area contributed by atoms with Crippen LogP contribution in [0.3, 0.4) is 0 Å². The van der Waals surface area contributed by atoms with Crippen molar-refractivity contribution in [2.75, 3.05) is 11.9 Å². The minimum Gasteiger partial charge on any atom is -0.469 e. The summed E-state index contributed by atoms with van der Waals surface area (Å²) in [5, 5.41) is 6.07. The summed E-state index contributed by atoms with van der Waals surface area (Å²) in [5.74, 6) is -0.167. The Morgan fingerprint density at radius 1 is 1.22 bits per heavy atom. The SMILES string of the molecule is CCCCC(CN)NC(=O)c1ccc(Cl)cc1NC(=O)c1ccoc1C.Cl. The summed E-state index contributed by atoms with van der Waals surface area (Å²) >= 11 is 6.04. The molecule has 1 unspecified atom stereocenters. The summed E-state index contributed by atoms with van der Waals surface area (Å²) < 4.78 is 5.15. The molecule has 0 aliphatic carbocycles. The van der Waals surface area contributed by atoms with Gasteiger partial charge in [-0.1, -0.05) is 31.4 Å². The van der Waals surface area contributed by atoms with Crippen molar-refractivity contribution in [3.8, 4) is 0 Å². The van der Waals surface area contributed by atoms with E-state index in [0.29, 0.717) is 34.1 Å². The van der Waals surface area contributed by atoms with Gasteiger partial charge in [-0.2, -0.15) is 0 Å². The van der Waals surface area contributed by atoms with Crippen LogP contribution >= 0.6 is 24.0 Å². The number of anilines is 1. The lowest BCUT2D eigenvalue weighted by Gasteiger charge is -2.18. The van der Waals surface area contributed by atoms with Crippen LogP contribution in [0.4, 0.5) is 5.69 Å². The number of unbranched alkanes of at least 4 members (excludes halogenated alkanes) is 1. The summed E-state index contributed by atoms with van der Waals surface area (Å²) in [6.07, 6.45) is 4.25. The topological polar surface area (TPSA) is 97.4 Å². The number of halogens is 2. The van der Waals surface area contributed by atoms with Crippen LogP contribution in [0, 0.1) is 6.92 Å². The molecule has 2 amide bonds. The third kappa shape index (κ3) is 6.27. The maximum atomic E-state index is 12.7. The maximum Gasteiger partial charge on any atom is 0.259 e. The van der Waals surface area contributed by atoms with Gasteiger partial charge in [-0.3, -0.25) is 9.59 Å². The zero-order chi connectivity index (χ0) is 19.1. The van der Waals surface area contributed by atoms with E-state index in [-0.39, 0.29) is 30.3 Å². The average Bonchev–Trinajstić information content (AvgIpc) is 3.04. The summed E-state index contributed by atoms with van der Waals surface area (Å²) in [5.41, 5.74) is 6.82. The first-order valence-electron chi connectivity index (χ1n) is 8.62. The maximum absolute atomic E-state index is 12.7. The van der Waals surface area contributed by atoms with Gasteiger partial charge < -0.3 is 20.8 Å². The van der Waals surface area contributed by atoms with Gasteiger partial charge in [0.2, 0.25) is 0 Å². The second-order valence-corrected chi connectivity index (χ2v) is 6.52. The first kappa shape index (κ1) is 23.0. The largest absolute Gasteiger partial charge is 0.469 e. The molecule has 0 fully saturated rings. The van der Waals surface area contributed by atoms with E-state index >= 15 is 0 Å². The van der Waals surface area contributed by atoms with E-state index in [2.05, 4.69) is 17.6 Å². The highest BCUT2D eigenvalue weighted by atomic mass is 35.5. The van der Waals surface area contributed by atoms with Crippen molar-refractivity contribution >= 4 is 41.5 Å². The number of carbonyl (C=O) groups excluding carboxylic acids is 2. The minimum absolute atomic E-state index is 0. The highest BCUT2D eigenvalue weighted by Crippen LogP contribution is 2.23. The van der Waals surface area contributed by atoms with Gasteiger partial charge in [0.15, 0.2) is 0 Å². The first-order valence-corrected chi connectivity index (χ1v) is 9.00. The number of hydrogen-bond acceptors (Lipinski definition) is 4. The molecule has 0 aliphatic rings. The van der Waals surface area contributed by atoms with E-state index in [4.69, 9.17) is 21.8 Å². The lowest BCUT2D eigenvalue weighted by Crippen LogP contribution is -2.40. The number of furan rings is 1. The standard InChI is InChI=1S/C19H24ClN3O3.ClH/c1-3-4-5-14(11-21)22-19(25)16-7-6-13(20)10-17(16)23-18(24)15-8-9-26-12(15)2;/h6-10,14H,3-5,11,21H2,1-2H3,(H,22,25)(H,23,24);1H. The zero-order valence-corrected chi connectivity index (χ0v) is 17.0. The predicted octanol–water partition coefficient (Wildman–Crippen LogP) is 4.16. The van der Waals surface area contributed by atoms with Crippen LogP contribution in [-0.2, 0) is 0 Å². The highest BCUT2D eigenvalue weighted by molar-refractivity contribution is 6.31. The summed E-state index contributed by atoms with van der Waals surface area (Å²) in [7, 11) is 0. The molecule has 2 aromatic rings. The molecule has 2 rings (SSSR count). The van der Waals surface area contributed by atoms with Crippen LogP contribution in [0.5, 0.6) is 0 Å². The van der Waals surface area contributed by atoms with Crippen molar-refractivity contribution in [3.05, 3.63) is 52.4 Å². The molecular weight excluding hydrogens is 389 g/mol. The Hall–Kier alpha value is -2.02. The van der Waals surface area contributed by atoms with Crippen molar-refractivity contribution < 1.29 is 14.0 Å². The normalized spacial score (nSPS) is 11.4. The second kappa shape index (κ2) is 11.0. The number of carbonyl (C=O) groups is 2. The van der Waals surface area contributed by atoms with E-state index in [1.165, 1.54) is 6.26 Å². The van der Waals surface area contributed by atoms with Crippen LogP contribution in [0.1, 0.15) is 52.7 Å². The Kier molecular flexibility index (Phi) is 9.35. The second-order valence-electron chi connectivity index (χ2n) is 6.08. The summed E-state index contributed by atoms with van der Waals surface area (Å²) in [4.78, 5) is 25.1. The van der Waals surface area contributed by atoms with Gasteiger partial charge in [-0.25, -0.2) is 0 Å². The fourth-order valence-corrected chi connectivity index (χ4v) is 2.76. The molecule has 0 saturated heterocycles.